The Bertz CT molecular complexity index is 1850. The molecule has 1 atom stereocenters. The molecule has 7 rings (SSSR count). The zero-order chi connectivity index (χ0) is 26.6. The zero-order valence-electron chi connectivity index (χ0n) is 21.4. The van der Waals surface area contributed by atoms with Crippen molar-refractivity contribution in [2.24, 2.45) is 0 Å². The highest BCUT2D eigenvalue weighted by Gasteiger charge is 2.50. The van der Waals surface area contributed by atoms with E-state index < -0.39 is 0 Å². The van der Waals surface area contributed by atoms with Crippen LogP contribution in [-0.4, -0.2) is 40.7 Å². The third-order valence-corrected chi connectivity index (χ3v) is 8.41. The maximum Gasteiger partial charge on any atom is 0.271 e. The number of hydrogen-bond donors (Lipinski definition) is 1. The summed E-state index contributed by atoms with van der Waals surface area (Å²) in [6, 6.07) is 17.6. The minimum absolute atomic E-state index is 0.147. The second-order valence-electron chi connectivity index (χ2n) is 9.97. The fourth-order valence-electron chi connectivity index (χ4n) is 4.97. The van der Waals surface area contributed by atoms with E-state index in [1.54, 1.807) is 40.4 Å². The number of benzene rings is 2. The molecule has 1 aliphatic rings. The number of amides is 1. The van der Waals surface area contributed by atoms with Gasteiger partial charge in [-0.15, -0.1) is 21.5 Å². The SMILES string of the molecule is Cc1csc(C(C)NC(=O)c2ccc(-c3cnc4nnc(C5(c6ccc7ncccc7c6)CC5)n4n3)cc2)n1. The van der Waals surface area contributed by atoms with Gasteiger partial charge in [-0.1, -0.05) is 24.3 Å². The van der Waals surface area contributed by atoms with E-state index in [1.165, 1.54) is 5.56 Å². The first kappa shape index (κ1) is 23.5. The Hall–Kier alpha value is -4.57. The lowest BCUT2D eigenvalue weighted by Gasteiger charge is -2.14. The van der Waals surface area contributed by atoms with E-state index in [2.05, 4.69) is 54.7 Å². The number of fused-ring (bicyclic) bond motifs is 2. The van der Waals surface area contributed by atoms with E-state index in [-0.39, 0.29) is 17.4 Å². The van der Waals surface area contributed by atoms with Crippen molar-refractivity contribution in [3.05, 3.63) is 100 Å². The van der Waals surface area contributed by atoms with Crippen LogP contribution in [0.15, 0.2) is 72.4 Å². The lowest BCUT2D eigenvalue weighted by Crippen LogP contribution is -2.26. The van der Waals surface area contributed by atoms with Crippen molar-refractivity contribution >= 4 is 33.9 Å². The number of rotatable bonds is 6. The van der Waals surface area contributed by atoms with Crippen molar-refractivity contribution in [1.29, 1.82) is 0 Å². The number of hydrogen-bond acceptors (Lipinski definition) is 8. The van der Waals surface area contributed by atoms with Crippen LogP contribution >= 0.6 is 11.3 Å². The van der Waals surface area contributed by atoms with Crippen molar-refractivity contribution in [2.75, 3.05) is 0 Å². The summed E-state index contributed by atoms with van der Waals surface area (Å²) in [5.74, 6) is 1.10. The zero-order valence-corrected chi connectivity index (χ0v) is 22.2. The fourth-order valence-corrected chi connectivity index (χ4v) is 5.78. The molecule has 0 spiro atoms. The molecule has 1 N–H and O–H groups in total. The van der Waals surface area contributed by atoms with Gasteiger partial charge in [0.05, 0.1) is 23.2 Å². The Morgan fingerprint density at radius 2 is 1.92 bits per heavy atom. The van der Waals surface area contributed by atoms with Gasteiger partial charge in [-0.2, -0.15) is 9.61 Å². The second kappa shape index (κ2) is 9.02. The lowest BCUT2D eigenvalue weighted by molar-refractivity contribution is 0.0940. The molecule has 1 unspecified atom stereocenters. The van der Waals surface area contributed by atoms with Crippen LogP contribution in [0.25, 0.3) is 27.9 Å². The van der Waals surface area contributed by atoms with Gasteiger partial charge >= 0.3 is 0 Å². The van der Waals surface area contributed by atoms with Gasteiger partial charge < -0.3 is 5.32 Å². The lowest BCUT2D eigenvalue weighted by atomic mass is 9.94. The Labute approximate surface area is 228 Å². The maximum absolute atomic E-state index is 12.8. The van der Waals surface area contributed by atoms with Crippen molar-refractivity contribution in [3.63, 3.8) is 0 Å². The number of carbonyl (C=O) groups is 1. The van der Waals surface area contributed by atoms with Gasteiger partial charge in [0.2, 0.25) is 0 Å². The molecular weight excluding hydrogens is 508 g/mol. The van der Waals surface area contributed by atoms with Crippen LogP contribution in [-0.2, 0) is 5.41 Å². The standard InChI is InChI=1S/C29H24N8OS/c1-17-16-39-26(32-17)18(2)33-25(38)20-7-5-19(6-8-20)24-15-31-28-35-34-27(37(28)36-24)29(11-12-29)22-9-10-23-21(14-22)4-3-13-30-23/h3-10,13-16,18H,11-12H2,1-2H3,(H,33,38). The number of pyridine rings is 1. The third kappa shape index (κ3) is 4.13. The van der Waals surface area contributed by atoms with Crippen molar-refractivity contribution < 1.29 is 4.79 Å². The first-order valence-electron chi connectivity index (χ1n) is 12.8. The first-order chi connectivity index (χ1) is 19.0. The molecule has 39 heavy (non-hydrogen) atoms. The van der Waals surface area contributed by atoms with Crippen molar-refractivity contribution in [1.82, 2.24) is 40.1 Å². The molecule has 1 aliphatic carbocycles. The first-order valence-corrected chi connectivity index (χ1v) is 13.7. The summed E-state index contributed by atoms with van der Waals surface area (Å²) in [7, 11) is 0. The number of nitrogens with one attached hydrogen (secondary N) is 1. The van der Waals surface area contributed by atoms with Gasteiger partial charge in [0, 0.05) is 33.8 Å². The number of aromatic nitrogens is 7. The summed E-state index contributed by atoms with van der Waals surface area (Å²) in [5, 5.41) is 20.7. The van der Waals surface area contributed by atoms with E-state index in [4.69, 9.17) is 5.10 Å². The Balaban J connectivity index is 1.16. The summed E-state index contributed by atoms with van der Waals surface area (Å²) in [6.07, 6.45) is 5.43. The summed E-state index contributed by atoms with van der Waals surface area (Å²) in [5.41, 5.74) is 4.96. The Kier molecular flexibility index (Phi) is 5.44. The summed E-state index contributed by atoms with van der Waals surface area (Å²) >= 11 is 1.55. The molecule has 1 saturated carbocycles. The predicted octanol–water partition coefficient (Wildman–Crippen LogP) is 5.07. The number of nitrogens with zero attached hydrogens (tertiary/aromatic N) is 7. The van der Waals surface area contributed by atoms with Crippen LogP contribution in [0.4, 0.5) is 0 Å². The molecule has 4 heterocycles. The van der Waals surface area contributed by atoms with E-state index in [0.717, 1.165) is 45.8 Å². The molecule has 10 heteroatoms. The fraction of sp³-hybridized carbons (Fsp3) is 0.207. The summed E-state index contributed by atoms with van der Waals surface area (Å²) in [4.78, 5) is 26.3. The van der Waals surface area contributed by atoms with Crippen LogP contribution in [0.5, 0.6) is 0 Å². The number of thiazole rings is 1. The van der Waals surface area contributed by atoms with Crippen LogP contribution < -0.4 is 5.32 Å². The third-order valence-electron chi connectivity index (χ3n) is 7.27. The monoisotopic (exact) mass is 532 g/mol. The average molecular weight is 533 g/mol. The van der Waals surface area contributed by atoms with Gasteiger partial charge in [0.1, 0.15) is 10.7 Å². The van der Waals surface area contributed by atoms with Gasteiger partial charge in [0.25, 0.3) is 11.7 Å². The van der Waals surface area contributed by atoms with E-state index >= 15 is 0 Å². The molecule has 0 aliphatic heterocycles. The van der Waals surface area contributed by atoms with Gasteiger partial charge in [0.15, 0.2) is 5.82 Å². The molecule has 4 aromatic heterocycles. The number of carbonyl (C=O) groups excluding carboxylic acids is 1. The van der Waals surface area contributed by atoms with Gasteiger partial charge in [-0.25, -0.2) is 9.97 Å². The molecule has 0 radical (unpaired) electrons. The topological polar surface area (TPSA) is 111 Å². The van der Waals surface area contributed by atoms with Crippen LogP contribution in [0.3, 0.4) is 0 Å². The van der Waals surface area contributed by atoms with E-state index in [0.29, 0.717) is 17.0 Å². The minimum atomic E-state index is -0.245. The molecular formula is C29H24N8OS. The van der Waals surface area contributed by atoms with Crippen LogP contribution in [0.2, 0.25) is 0 Å². The van der Waals surface area contributed by atoms with E-state index in [1.807, 2.05) is 37.4 Å². The summed E-state index contributed by atoms with van der Waals surface area (Å²) in [6.45, 7) is 3.88. The molecule has 0 bridgehead atoms. The number of aryl methyl sites for hydroxylation is 1. The second-order valence-corrected chi connectivity index (χ2v) is 10.9. The molecule has 2 aromatic carbocycles. The highest BCUT2D eigenvalue weighted by Crippen LogP contribution is 2.53. The van der Waals surface area contributed by atoms with Crippen molar-refractivity contribution in [3.8, 4) is 11.3 Å². The Morgan fingerprint density at radius 1 is 1.08 bits per heavy atom. The minimum Gasteiger partial charge on any atom is -0.343 e. The molecule has 9 nitrogen and oxygen atoms in total. The van der Waals surface area contributed by atoms with Crippen LogP contribution in [0, 0.1) is 6.92 Å². The van der Waals surface area contributed by atoms with Gasteiger partial charge in [-0.05, 0) is 62.6 Å². The predicted molar refractivity (Wildman–Crippen MR) is 149 cm³/mol. The Morgan fingerprint density at radius 3 is 2.69 bits per heavy atom. The maximum atomic E-state index is 12.8. The summed E-state index contributed by atoms with van der Waals surface area (Å²) < 4.78 is 1.76. The van der Waals surface area contributed by atoms with Gasteiger partial charge in [-0.3, -0.25) is 9.78 Å². The van der Waals surface area contributed by atoms with Crippen molar-refractivity contribution in [2.45, 2.75) is 38.1 Å². The normalized spacial score (nSPS) is 14.9. The molecule has 0 saturated heterocycles. The van der Waals surface area contributed by atoms with E-state index in [9.17, 15) is 4.79 Å². The molecule has 6 aromatic rings. The largest absolute Gasteiger partial charge is 0.343 e. The van der Waals surface area contributed by atoms with Crippen LogP contribution in [0.1, 0.15) is 58.3 Å². The highest BCUT2D eigenvalue weighted by molar-refractivity contribution is 7.09. The average Bonchev–Trinajstić information content (AvgIpc) is 3.46. The molecule has 192 valence electrons. The quantitative estimate of drug-likeness (QED) is 0.319. The highest BCUT2D eigenvalue weighted by atomic mass is 32.1. The smallest absolute Gasteiger partial charge is 0.271 e. The molecule has 1 fully saturated rings. The molecule has 1 amide bonds.